The van der Waals surface area contributed by atoms with Crippen LogP contribution in [0.5, 0.6) is 0 Å². The van der Waals surface area contributed by atoms with Crippen LogP contribution in [0.4, 0.5) is 0 Å². The Labute approximate surface area is 285 Å². The van der Waals surface area contributed by atoms with Crippen LogP contribution < -0.4 is 0 Å². The molecule has 2 nitrogen and oxygen atoms in total. The third-order valence-electron chi connectivity index (χ3n) is 10.6. The van der Waals surface area contributed by atoms with E-state index in [1.165, 1.54) is 224 Å². The van der Waals surface area contributed by atoms with E-state index in [2.05, 4.69) is 44.7 Å². The van der Waals surface area contributed by atoms with E-state index >= 15 is 0 Å². The number of hydrogen-bond acceptors (Lipinski definition) is 1. The summed E-state index contributed by atoms with van der Waals surface area (Å²) in [5.41, 5.74) is 0. The topological polar surface area (TPSA) is 17.8 Å². The zero-order valence-electron chi connectivity index (χ0n) is 31.7. The van der Waals surface area contributed by atoms with Crippen LogP contribution >= 0.6 is 0 Å². The smallest absolute Gasteiger partial charge is 0.111 e. The van der Waals surface area contributed by atoms with Gasteiger partial charge in [0.25, 0.3) is 0 Å². The van der Waals surface area contributed by atoms with Crippen molar-refractivity contribution < 1.29 is 0 Å². The van der Waals surface area contributed by atoms with Crippen molar-refractivity contribution in [2.45, 2.75) is 258 Å². The van der Waals surface area contributed by atoms with Gasteiger partial charge in [0.05, 0.1) is 0 Å². The first-order chi connectivity index (χ1) is 22.2. The number of aromatic nitrogens is 2. The average Bonchev–Trinajstić information content (AvgIpc) is 3.54. The van der Waals surface area contributed by atoms with Gasteiger partial charge in [-0.2, -0.15) is 0 Å². The van der Waals surface area contributed by atoms with Gasteiger partial charge in [-0.05, 0) is 26.2 Å². The summed E-state index contributed by atoms with van der Waals surface area (Å²) in [7, 11) is 0. The van der Waals surface area contributed by atoms with Gasteiger partial charge < -0.3 is 4.57 Å². The zero-order chi connectivity index (χ0) is 32.5. The van der Waals surface area contributed by atoms with Crippen LogP contribution in [0.15, 0.2) is 12.4 Å². The molecule has 0 saturated heterocycles. The molecule has 0 fully saturated rings. The Bertz CT molecular complexity index is 694. The molecule has 0 aliphatic rings. The molecule has 0 bridgehead atoms. The van der Waals surface area contributed by atoms with Gasteiger partial charge in [-0.25, -0.2) is 4.98 Å². The summed E-state index contributed by atoms with van der Waals surface area (Å²) in [5, 5.41) is 0. The molecule has 1 aromatic rings. The van der Waals surface area contributed by atoms with Crippen molar-refractivity contribution in [3.8, 4) is 0 Å². The van der Waals surface area contributed by atoms with Crippen LogP contribution in [0.3, 0.4) is 0 Å². The molecule has 0 radical (unpaired) electrons. The quantitative estimate of drug-likeness (QED) is 0.0676. The number of hydrogen-bond donors (Lipinski definition) is 0. The molecule has 1 rings (SSSR count). The highest BCUT2D eigenvalue weighted by molar-refractivity contribution is 5.02. The van der Waals surface area contributed by atoms with E-state index in [4.69, 9.17) is 4.98 Å². The highest BCUT2D eigenvalue weighted by Gasteiger charge is 2.19. The first kappa shape index (κ1) is 42.2. The Morgan fingerprint density at radius 1 is 0.422 bits per heavy atom. The van der Waals surface area contributed by atoms with Gasteiger partial charge in [0.15, 0.2) is 0 Å². The van der Waals surface area contributed by atoms with E-state index in [-0.39, 0.29) is 0 Å². The minimum Gasteiger partial charge on any atom is -0.332 e. The SMILES string of the molecule is CCCCCCCCCCCCCCCCC(CCCCCCCCC)c1nccn1C(C)CCCCCCCCCCCC. The Morgan fingerprint density at radius 2 is 0.711 bits per heavy atom. The normalized spacial score (nSPS) is 13.1. The molecule has 2 atom stereocenters. The van der Waals surface area contributed by atoms with Gasteiger partial charge in [-0.3, -0.25) is 0 Å². The molecule has 0 aromatic carbocycles. The van der Waals surface area contributed by atoms with Crippen molar-refractivity contribution in [1.29, 1.82) is 0 Å². The minimum atomic E-state index is 0.587. The zero-order valence-corrected chi connectivity index (χ0v) is 31.7. The van der Waals surface area contributed by atoms with Crippen LogP contribution in [0.1, 0.15) is 264 Å². The fourth-order valence-electron chi connectivity index (χ4n) is 7.42. The van der Waals surface area contributed by atoms with Crippen molar-refractivity contribution >= 4 is 0 Å². The van der Waals surface area contributed by atoms with Crippen LogP contribution in [0.25, 0.3) is 0 Å². The predicted molar refractivity (Wildman–Crippen MR) is 204 cm³/mol. The Morgan fingerprint density at radius 3 is 1.04 bits per heavy atom. The van der Waals surface area contributed by atoms with E-state index in [1.807, 2.05) is 0 Å². The molecule has 266 valence electrons. The second-order valence-electron chi connectivity index (χ2n) is 15.0. The summed E-state index contributed by atoms with van der Waals surface area (Å²) in [6.45, 7) is 9.40. The summed E-state index contributed by atoms with van der Waals surface area (Å²) < 4.78 is 2.59. The summed E-state index contributed by atoms with van der Waals surface area (Å²) >= 11 is 0. The molecule has 0 aliphatic carbocycles. The molecule has 1 heterocycles. The number of imidazole rings is 1. The van der Waals surface area contributed by atoms with E-state index in [0.29, 0.717) is 12.0 Å². The minimum absolute atomic E-state index is 0.587. The molecule has 2 unspecified atom stereocenters. The van der Waals surface area contributed by atoms with Crippen LogP contribution in [-0.2, 0) is 0 Å². The van der Waals surface area contributed by atoms with E-state index in [0.717, 1.165) is 0 Å². The molecular formula is C43H84N2. The molecular weight excluding hydrogens is 544 g/mol. The Kier molecular flexibility index (Phi) is 31.1. The van der Waals surface area contributed by atoms with Gasteiger partial charge in [-0.1, -0.05) is 220 Å². The van der Waals surface area contributed by atoms with Gasteiger partial charge >= 0.3 is 0 Å². The van der Waals surface area contributed by atoms with Crippen molar-refractivity contribution in [2.24, 2.45) is 0 Å². The molecule has 1 aromatic heterocycles. The lowest BCUT2D eigenvalue weighted by molar-refractivity contribution is 0.412. The first-order valence-corrected chi connectivity index (χ1v) is 21.3. The van der Waals surface area contributed by atoms with E-state index < -0.39 is 0 Å². The molecule has 0 aliphatic heterocycles. The van der Waals surface area contributed by atoms with Crippen molar-refractivity contribution in [3.05, 3.63) is 18.2 Å². The van der Waals surface area contributed by atoms with Gasteiger partial charge in [-0.15, -0.1) is 0 Å². The van der Waals surface area contributed by atoms with E-state index in [9.17, 15) is 0 Å². The van der Waals surface area contributed by atoms with Crippen molar-refractivity contribution in [1.82, 2.24) is 9.55 Å². The van der Waals surface area contributed by atoms with Gasteiger partial charge in [0.2, 0.25) is 0 Å². The predicted octanol–water partition coefficient (Wildman–Crippen LogP) is 15.9. The molecule has 0 N–H and O–H groups in total. The van der Waals surface area contributed by atoms with Crippen LogP contribution in [-0.4, -0.2) is 9.55 Å². The first-order valence-electron chi connectivity index (χ1n) is 21.3. The van der Waals surface area contributed by atoms with Crippen LogP contribution in [0.2, 0.25) is 0 Å². The lowest BCUT2D eigenvalue weighted by atomic mass is 9.92. The van der Waals surface area contributed by atoms with E-state index in [1.54, 1.807) is 0 Å². The van der Waals surface area contributed by atoms with Crippen molar-refractivity contribution in [2.75, 3.05) is 0 Å². The highest BCUT2D eigenvalue weighted by atomic mass is 15.1. The maximum absolute atomic E-state index is 5.02. The van der Waals surface area contributed by atoms with Gasteiger partial charge in [0.1, 0.15) is 5.82 Å². The molecule has 0 amide bonds. The third-order valence-corrected chi connectivity index (χ3v) is 10.6. The summed E-state index contributed by atoms with van der Waals surface area (Å²) in [6, 6.07) is 0.587. The van der Waals surface area contributed by atoms with Crippen molar-refractivity contribution in [3.63, 3.8) is 0 Å². The number of rotatable bonds is 36. The Balaban J connectivity index is 2.36. The molecule has 2 heteroatoms. The third kappa shape index (κ3) is 25.0. The fourth-order valence-corrected chi connectivity index (χ4v) is 7.42. The number of nitrogens with zero attached hydrogens (tertiary/aromatic N) is 2. The summed E-state index contributed by atoms with van der Waals surface area (Å²) in [4.78, 5) is 5.02. The maximum Gasteiger partial charge on any atom is 0.111 e. The largest absolute Gasteiger partial charge is 0.332 e. The lowest BCUT2D eigenvalue weighted by Gasteiger charge is -2.22. The lowest BCUT2D eigenvalue weighted by Crippen LogP contribution is -2.13. The standard InChI is InChI=1S/C43H84N2/c1-5-8-11-14-17-19-21-22-23-24-26-29-32-35-38-42(37-34-31-27-16-13-10-7-3)43-44-39-40-45(43)41(4)36-33-30-28-25-20-18-15-12-9-6-2/h39-42H,5-38H2,1-4H3. The molecule has 0 saturated carbocycles. The summed E-state index contributed by atoms with van der Waals surface area (Å²) in [6.07, 6.45) is 52.7. The fraction of sp³-hybridized carbons (Fsp3) is 0.930. The highest BCUT2D eigenvalue weighted by Crippen LogP contribution is 2.31. The molecule has 45 heavy (non-hydrogen) atoms. The number of unbranched alkanes of at least 4 members (excludes halogenated alkanes) is 28. The summed E-state index contributed by atoms with van der Waals surface area (Å²) in [5.74, 6) is 2.07. The monoisotopic (exact) mass is 629 g/mol. The maximum atomic E-state index is 5.02. The Hall–Kier alpha value is -0.790. The molecule has 0 spiro atoms. The second-order valence-corrected chi connectivity index (χ2v) is 15.0. The average molecular weight is 629 g/mol. The van der Waals surface area contributed by atoms with Gasteiger partial charge in [0, 0.05) is 24.4 Å². The second kappa shape index (κ2) is 33.1. The van der Waals surface area contributed by atoms with Crippen LogP contribution in [0, 0.1) is 0 Å².